The molecule has 1 atom stereocenters. The van der Waals surface area contributed by atoms with E-state index < -0.39 is 0 Å². The highest BCUT2D eigenvalue weighted by atomic mass is 35.5. The van der Waals surface area contributed by atoms with Crippen LogP contribution in [0.2, 0.25) is 5.02 Å². The molecule has 0 aliphatic heterocycles. The average Bonchev–Trinajstić information content (AvgIpc) is 2.44. The van der Waals surface area contributed by atoms with E-state index in [9.17, 15) is 4.39 Å². The molecule has 0 heterocycles. The Morgan fingerprint density at radius 2 is 1.60 bits per heavy atom. The lowest BCUT2D eigenvalue weighted by Gasteiger charge is -2.14. The monoisotopic (exact) mass is 310 g/mol. The summed E-state index contributed by atoms with van der Waals surface area (Å²) >= 11 is 11.7. The predicted octanol–water partition coefficient (Wildman–Crippen LogP) is 5.43. The number of halogens is 3. The van der Waals surface area contributed by atoms with Gasteiger partial charge in [-0.05, 0) is 48.9 Å². The number of rotatable bonds is 5. The van der Waals surface area contributed by atoms with Crippen LogP contribution < -0.4 is 0 Å². The van der Waals surface area contributed by atoms with E-state index in [0.29, 0.717) is 11.8 Å². The second kappa shape index (κ2) is 7.10. The van der Waals surface area contributed by atoms with Gasteiger partial charge in [0.05, 0.1) is 5.02 Å². The van der Waals surface area contributed by atoms with Gasteiger partial charge >= 0.3 is 0 Å². The van der Waals surface area contributed by atoms with E-state index in [0.717, 1.165) is 18.4 Å². The van der Waals surface area contributed by atoms with E-state index in [1.807, 2.05) is 6.07 Å². The van der Waals surface area contributed by atoms with Gasteiger partial charge in [0.15, 0.2) is 0 Å². The fourth-order valence-electron chi connectivity index (χ4n) is 2.24. The molecule has 0 spiro atoms. The fraction of sp³-hybridized carbons (Fsp3) is 0.294. The van der Waals surface area contributed by atoms with Gasteiger partial charge in [-0.3, -0.25) is 0 Å². The molecule has 0 amide bonds. The van der Waals surface area contributed by atoms with E-state index in [4.69, 9.17) is 23.2 Å². The molecule has 0 fully saturated rings. The largest absolute Gasteiger partial charge is 0.205 e. The number of alkyl halides is 1. The van der Waals surface area contributed by atoms with Crippen molar-refractivity contribution in [2.24, 2.45) is 5.92 Å². The molecule has 0 saturated carbocycles. The molecule has 0 N–H and O–H groups in total. The van der Waals surface area contributed by atoms with Gasteiger partial charge in [0.1, 0.15) is 5.82 Å². The predicted molar refractivity (Wildman–Crippen MR) is 84.2 cm³/mol. The van der Waals surface area contributed by atoms with E-state index in [-0.39, 0.29) is 10.8 Å². The van der Waals surface area contributed by atoms with Crippen LogP contribution >= 0.6 is 23.2 Å². The molecule has 0 radical (unpaired) electrons. The molecule has 2 rings (SSSR count). The van der Waals surface area contributed by atoms with Gasteiger partial charge in [0.25, 0.3) is 0 Å². The maximum absolute atomic E-state index is 13.4. The van der Waals surface area contributed by atoms with Crippen molar-refractivity contribution in [3.05, 3.63) is 70.0 Å². The summed E-state index contributed by atoms with van der Waals surface area (Å²) in [5.41, 5.74) is 3.44. The first-order chi connectivity index (χ1) is 9.58. The summed E-state index contributed by atoms with van der Waals surface area (Å²) in [5.74, 6) is 0.478. The average molecular weight is 311 g/mol. The van der Waals surface area contributed by atoms with Crippen LogP contribution in [0.4, 0.5) is 4.39 Å². The summed E-state index contributed by atoms with van der Waals surface area (Å²) in [4.78, 5) is 0. The Morgan fingerprint density at radius 1 is 1.00 bits per heavy atom. The topological polar surface area (TPSA) is 0 Å². The summed E-state index contributed by atoms with van der Waals surface area (Å²) in [5, 5.41) is 0.162. The van der Waals surface area contributed by atoms with Gasteiger partial charge in [-0.15, -0.1) is 11.6 Å². The second-order valence-electron chi connectivity index (χ2n) is 5.16. The number of benzene rings is 2. The molecule has 0 aliphatic carbocycles. The van der Waals surface area contributed by atoms with Crippen LogP contribution in [0.1, 0.15) is 16.7 Å². The Labute approximate surface area is 129 Å². The van der Waals surface area contributed by atoms with E-state index >= 15 is 0 Å². The third kappa shape index (κ3) is 4.22. The van der Waals surface area contributed by atoms with Crippen LogP contribution in [0, 0.1) is 18.7 Å². The van der Waals surface area contributed by atoms with Crippen LogP contribution in [0.3, 0.4) is 0 Å². The van der Waals surface area contributed by atoms with E-state index in [1.165, 1.54) is 17.2 Å². The number of hydrogen-bond acceptors (Lipinski definition) is 0. The zero-order valence-electron chi connectivity index (χ0n) is 11.4. The molecule has 0 aromatic heterocycles. The maximum Gasteiger partial charge on any atom is 0.142 e. The first-order valence-corrected chi connectivity index (χ1v) is 7.55. The number of aryl methyl sites for hydroxylation is 1. The molecule has 3 heteroatoms. The van der Waals surface area contributed by atoms with Crippen molar-refractivity contribution in [3.8, 4) is 0 Å². The Bertz CT molecular complexity index is 564. The van der Waals surface area contributed by atoms with E-state index in [2.05, 4.69) is 31.2 Å². The van der Waals surface area contributed by atoms with Crippen LogP contribution in [0.25, 0.3) is 0 Å². The summed E-state index contributed by atoms with van der Waals surface area (Å²) in [6, 6.07) is 13.4. The van der Waals surface area contributed by atoms with Gasteiger partial charge in [-0.2, -0.15) is 0 Å². The van der Waals surface area contributed by atoms with Gasteiger partial charge in [0, 0.05) is 5.88 Å². The first-order valence-electron chi connectivity index (χ1n) is 6.64. The van der Waals surface area contributed by atoms with Crippen molar-refractivity contribution < 1.29 is 4.39 Å². The molecule has 0 saturated heterocycles. The smallest absolute Gasteiger partial charge is 0.142 e. The third-order valence-corrected chi connectivity index (χ3v) is 4.11. The fourth-order valence-corrected chi connectivity index (χ4v) is 2.57. The molecule has 106 valence electrons. The lowest BCUT2D eigenvalue weighted by Crippen LogP contribution is -2.10. The van der Waals surface area contributed by atoms with Gasteiger partial charge in [-0.25, -0.2) is 4.39 Å². The first kappa shape index (κ1) is 15.3. The highest BCUT2D eigenvalue weighted by Gasteiger charge is 2.11. The van der Waals surface area contributed by atoms with Crippen molar-refractivity contribution >= 4 is 23.2 Å². The normalized spacial score (nSPS) is 12.4. The minimum Gasteiger partial charge on any atom is -0.205 e. The third-order valence-electron chi connectivity index (χ3n) is 3.37. The zero-order valence-corrected chi connectivity index (χ0v) is 12.9. The maximum atomic E-state index is 13.4. The van der Waals surface area contributed by atoms with Crippen molar-refractivity contribution in [3.63, 3.8) is 0 Å². The van der Waals surface area contributed by atoms with Crippen LogP contribution in [0.15, 0.2) is 42.5 Å². The highest BCUT2D eigenvalue weighted by molar-refractivity contribution is 6.30. The summed E-state index contributed by atoms with van der Waals surface area (Å²) in [6.45, 7) is 2.07. The molecule has 1 unspecified atom stereocenters. The van der Waals surface area contributed by atoms with Crippen molar-refractivity contribution in [2.45, 2.75) is 19.8 Å². The van der Waals surface area contributed by atoms with E-state index in [1.54, 1.807) is 6.07 Å². The van der Waals surface area contributed by atoms with Crippen molar-refractivity contribution in [2.75, 3.05) is 5.88 Å². The number of hydrogen-bond donors (Lipinski definition) is 0. The van der Waals surface area contributed by atoms with Gasteiger partial charge < -0.3 is 0 Å². The lowest BCUT2D eigenvalue weighted by molar-refractivity contribution is 0.576. The Morgan fingerprint density at radius 3 is 2.20 bits per heavy atom. The lowest BCUT2D eigenvalue weighted by atomic mass is 9.94. The van der Waals surface area contributed by atoms with Gasteiger partial charge in [-0.1, -0.05) is 47.5 Å². The standard InChI is InChI=1S/C17H17Cl2F/c1-12-2-4-13(5-3-12)8-15(11-18)9-14-6-7-16(19)17(20)10-14/h2-7,10,15H,8-9,11H2,1H3. The molecule has 2 aromatic carbocycles. The van der Waals surface area contributed by atoms with Crippen LogP contribution in [-0.4, -0.2) is 5.88 Å². The molecular weight excluding hydrogens is 294 g/mol. The minimum atomic E-state index is -0.368. The molecular formula is C17H17Cl2F. The Hall–Kier alpha value is -1.05. The Balaban J connectivity index is 2.04. The van der Waals surface area contributed by atoms with Crippen LogP contribution in [0.5, 0.6) is 0 Å². The SMILES string of the molecule is Cc1ccc(CC(CCl)Cc2ccc(Cl)c(F)c2)cc1. The molecule has 20 heavy (non-hydrogen) atoms. The molecule has 0 bridgehead atoms. The molecule has 2 aromatic rings. The quantitative estimate of drug-likeness (QED) is 0.646. The molecule has 0 aliphatic rings. The van der Waals surface area contributed by atoms with Crippen LogP contribution in [-0.2, 0) is 12.8 Å². The van der Waals surface area contributed by atoms with Gasteiger partial charge in [0.2, 0.25) is 0 Å². The zero-order chi connectivity index (χ0) is 14.5. The summed E-state index contributed by atoms with van der Waals surface area (Å²) in [6.07, 6.45) is 1.65. The molecule has 0 nitrogen and oxygen atoms in total. The minimum absolute atomic E-state index is 0.162. The Kier molecular flexibility index (Phi) is 5.45. The second-order valence-corrected chi connectivity index (χ2v) is 5.88. The summed E-state index contributed by atoms with van der Waals surface area (Å²) in [7, 11) is 0. The summed E-state index contributed by atoms with van der Waals surface area (Å²) < 4.78 is 13.4. The van der Waals surface area contributed by atoms with Crippen molar-refractivity contribution in [1.82, 2.24) is 0 Å². The van der Waals surface area contributed by atoms with Crippen molar-refractivity contribution in [1.29, 1.82) is 0 Å². The highest BCUT2D eigenvalue weighted by Crippen LogP contribution is 2.20.